The number of carboxylic acid groups (broad SMARTS) is 1. The Bertz CT molecular complexity index is 440. The average molecular weight is 263 g/mol. The normalized spacial score (nSPS) is 11.1. The molecule has 1 N–H and O–H groups in total. The molecule has 0 radical (unpaired) electrons. The number of carbonyl (C=O) groups excluding carboxylic acids is 1. The summed E-state index contributed by atoms with van der Waals surface area (Å²) >= 11 is 0. The van der Waals surface area contributed by atoms with Gasteiger partial charge in [0.1, 0.15) is 6.54 Å². The van der Waals surface area contributed by atoms with Crippen LogP contribution in [0, 0.1) is 0 Å². The number of benzene rings is 1. The summed E-state index contributed by atoms with van der Waals surface area (Å²) in [4.78, 5) is 24.2. The first-order valence-electron chi connectivity index (χ1n) is 6.42. The number of hydrogen-bond acceptors (Lipinski definition) is 2. The SMILES string of the molecule is CCN(CC(=O)O)C(=O)CC(C)(C)c1ccccc1. The molecule has 0 heterocycles. The van der Waals surface area contributed by atoms with Gasteiger partial charge in [0.2, 0.25) is 5.91 Å². The Morgan fingerprint density at radius 3 is 2.26 bits per heavy atom. The number of amides is 1. The summed E-state index contributed by atoms with van der Waals surface area (Å²) < 4.78 is 0. The second-order valence-electron chi connectivity index (χ2n) is 5.23. The minimum absolute atomic E-state index is 0.126. The smallest absolute Gasteiger partial charge is 0.323 e. The Morgan fingerprint density at radius 2 is 1.79 bits per heavy atom. The molecule has 0 aliphatic heterocycles. The van der Waals surface area contributed by atoms with Gasteiger partial charge in [-0.1, -0.05) is 44.2 Å². The van der Waals surface area contributed by atoms with E-state index in [1.807, 2.05) is 44.2 Å². The van der Waals surface area contributed by atoms with E-state index in [9.17, 15) is 9.59 Å². The lowest BCUT2D eigenvalue weighted by atomic mass is 9.81. The Kier molecular flexibility index (Phi) is 5.10. The van der Waals surface area contributed by atoms with E-state index in [0.717, 1.165) is 5.56 Å². The first kappa shape index (κ1) is 15.2. The van der Waals surface area contributed by atoms with Gasteiger partial charge in [0.25, 0.3) is 0 Å². The second-order valence-corrected chi connectivity index (χ2v) is 5.23. The summed E-state index contributed by atoms with van der Waals surface area (Å²) in [7, 11) is 0. The van der Waals surface area contributed by atoms with Gasteiger partial charge in [-0.2, -0.15) is 0 Å². The van der Waals surface area contributed by atoms with E-state index in [-0.39, 0.29) is 17.9 Å². The van der Waals surface area contributed by atoms with E-state index in [1.54, 1.807) is 6.92 Å². The second kappa shape index (κ2) is 6.36. The summed E-state index contributed by atoms with van der Waals surface area (Å²) in [6, 6.07) is 9.79. The van der Waals surface area contributed by atoms with Gasteiger partial charge >= 0.3 is 5.97 Å². The number of likely N-dealkylation sites (N-methyl/N-ethyl adjacent to an activating group) is 1. The van der Waals surface area contributed by atoms with Gasteiger partial charge in [0, 0.05) is 13.0 Å². The maximum Gasteiger partial charge on any atom is 0.323 e. The molecule has 4 heteroatoms. The standard InChI is InChI=1S/C15H21NO3/c1-4-16(11-14(18)19)13(17)10-15(2,3)12-8-6-5-7-9-12/h5-9H,4,10-11H2,1-3H3,(H,18,19). The number of hydrogen-bond donors (Lipinski definition) is 1. The summed E-state index contributed by atoms with van der Waals surface area (Å²) in [6.07, 6.45) is 0.304. The van der Waals surface area contributed by atoms with Crippen molar-refractivity contribution in [2.24, 2.45) is 0 Å². The molecular formula is C15H21NO3. The highest BCUT2D eigenvalue weighted by atomic mass is 16.4. The van der Waals surface area contributed by atoms with Crippen molar-refractivity contribution in [3.8, 4) is 0 Å². The fraction of sp³-hybridized carbons (Fsp3) is 0.467. The van der Waals surface area contributed by atoms with E-state index < -0.39 is 5.97 Å². The van der Waals surface area contributed by atoms with Crippen molar-refractivity contribution < 1.29 is 14.7 Å². The summed E-state index contributed by atoms with van der Waals surface area (Å²) in [5, 5.41) is 8.79. The maximum absolute atomic E-state index is 12.2. The molecule has 1 aromatic carbocycles. The molecule has 0 saturated heterocycles. The zero-order chi connectivity index (χ0) is 14.5. The molecule has 1 amide bonds. The molecule has 104 valence electrons. The van der Waals surface area contributed by atoms with Crippen molar-refractivity contribution in [2.75, 3.05) is 13.1 Å². The molecule has 0 spiro atoms. The lowest BCUT2D eigenvalue weighted by molar-refractivity contribution is -0.144. The van der Waals surface area contributed by atoms with Crippen molar-refractivity contribution in [2.45, 2.75) is 32.6 Å². The van der Waals surface area contributed by atoms with Gasteiger partial charge in [-0.3, -0.25) is 9.59 Å². The molecule has 0 aliphatic carbocycles. The highest BCUT2D eigenvalue weighted by Crippen LogP contribution is 2.27. The van der Waals surface area contributed by atoms with Crippen LogP contribution in [0.25, 0.3) is 0 Å². The molecule has 0 fully saturated rings. The van der Waals surface area contributed by atoms with E-state index in [4.69, 9.17) is 5.11 Å². The molecular weight excluding hydrogens is 242 g/mol. The first-order chi connectivity index (χ1) is 8.86. The van der Waals surface area contributed by atoms with Crippen molar-refractivity contribution in [3.63, 3.8) is 0 Å². The largest absolute Gasteiger partial charge is 0.480 e. The van der Waals surface area contributed by atoms with Crippen LogP contribution in [-0.4, -0.2) is 35.0 Å². The zero-order valence-electron chi connectivity index (χ0n) is 11.7. The van der Waals surface area contributed by atoms with Gasteiger partial charge in [-0.25, -0.2) is 0 Å². The lowest BCUT2D eigenvalue weighted by Crippen LogP contribution is -2.38. The van der Waals surface area contributed by atoms with Crippen molar-refractivity contribution >= 4 is 11.9 Å². The third kappa shape index (κ3) is 4.39. The highest BCUT2D eigenvalue weighted by molar-refractivity contribution is 5.82. The van der Waals surface area contributed by atoms with E-state index in [2.05, 4.69) is 0 Å². The molecule has 4 nitrogen and oxygen atoms in total. The minimum atomic E-state index is -0.979. The van der Waals surface area contributed by atoms with Crippen molar-refractivity contribution in [1.29, 1.82) is 0 Å². The first-order valence-corrected chi connectivity index (χ1v) is 6.42. The minimum Gasteiger partial charge on any atom is -0.480 e. The molecule has 0 unspecified atom stereocenters. The molecule has 1 aromatic rings. The number of rotatable bonds is 6. The Morgan fingerprint density at radius 1 is 1.21 bits per heavy atom. The monoisotopic (exact) mass is 263 g/mol. The molecule has 0 atom stereocenters. The summed E-state index contributed by atoms with van der Waals surface area (Å²) in [6.45, 7) is 5.95. The number of aliphatic carboxylic acids is 1. The predicted octanol–water partition coefficient (Wildman–Crippen LogP) is 2.29. The van der Waals surface area contributed by atoms with Crippen LogP contribution in [0.1, 0.15) is 32.8 Å². The van der Waals surface area contributed by atoms with Gasteiger partial charge in [0.05, 0.1) is 0 Å². The average Bonchev–Trinajstić information content (AvgIpc) is 2.36. The zero-order valence-corrected chi connectivity index (χ0v) is 11.7. The predicted molar refractivity (Wildman–Crippen MR) is 74.0 cm³/mol. The van der Waals surface area contributed by atoms with Crippen LogP contribution in [0.15, 0.2) is 30.3 Å². The van der Waals surface area contributed by atoms with Gasteiger partial charge in [0.15, 0.2) is 0 Å². The molecule has 0 aromatic heterocycles. The van der Waals surface area contributed by atoms with Crippen LogP contribution in [0.3, 0.4) is 0 Å². The topological polar surface area (TPSA) is 57.6 Å². The van der Waals surface area contributed by atoms with Crippen LogP contribution in [-0.2, 0) is 15.0 Å². The van der Waals surface area contributed by atoms with Crippen LogP contribution in [0.4, 0.5) is 0 Å². The van der Waals surface area contributed by atoms with Gasteiger partial charge in [-0.05, 0) is 17.9 Å². The maximum atomic E-state index is 12.2. The number of carboxylic acids is 1. The van der Waals surface area contributed by atoms with Crippen LogP contribution in [0.2, 0.25) is 0 Å². The Hall–Kier alpha value is -1.84. The molecule has 0 saturated carbocycles. The Balaban J connectivity index is 2.77. The molecule has 0 bridgehead atoms. The molecule has 19 heavy (non-hydrogen) atoms. The van der Waals surface area contributed by atoms with Gasteiger partial charge < -0.3 is 10.0 Å². The van der Waals surface area contributed by atoms with E-state index in [1.165, 1.54) is 4.90 Å². The summed E-state index contributed by atoms with van der Waals surface area (Å²) in [5.74, 6) is -1.11. The fourth-order valence-corrected chi connectivity index (χ4v) is 2.02. The van der Waals surface area contributed by atoms with Crippen LogP contribution < -0.4 is 0 Å². The molecule has 1 rings (SSSR count). The lowest BCUT2D eigenvalue weighted by Gasteiger charge is -2.28. The van der Waals surface area contributed by atoms with E-state index in [0.29, 0.717) is 13.0 Å². The fourth-order valence-electron chi connectivity index (χ4n) is 2.02. The van der Waals surface area contributed by atoms with Crippen LogP contribution >= 0.6 is 0 Å². The third-order valence-corrected chi connectivity index (χ3v) is 3.21. The summed E-state index contributed by atoms with van der Waals surface area (Å²) in [5.41, 5.74) is 0.777. The van der Waals surface area contributed by atoms with Gasteiger partial charge in [-0.15, -0.1) is 0 Å². The van der Waals surface area contributed by atoms with E-state index >= 15 is 0 Å². The molecule has 0 aliphatic rings. The Labute approximate surface area is 114 Å². The number of nitrogens with zero attached hydrogens (tertiary/aromatic N) is 1. The third-order valence-electron chi connectivity index (χ3n) is 3.21. The van der Waals surface area contributed by atoms with Crippen molar-refractivity contribution in [3.05, 3.63) is 35.9 Å². The van der Waals surface area contributed by atoms with Crippen LogP contribution in [0.5, 0.6) is 0 Å². The van der Waals surface area contributed by atoms with Crippen molar-refractivity contribution in [1.82, 2.24) is 4.90 Å². The quantitative estimate of drug-likeness (QED) is 0.856. The number of carbonyl (C=O) groups is 2. The highest BCUT2D eigenvalue weighted by Gasteiger charge is 2.27.